The van der Waals surface area contributed by atoms with Crippen LogP contribution in [0.1, 0.15) is 18.1 Å². The lowest BCUT2D eigenvalue weighted by Gasteiger charge is -2.07. The quantitative estimate of drug-likeness (QED) is 0.634. The lowest BCUT2D eigenvalue weighted by atomic mass is 10.0. The Bertz CT molecular complexity index is 544. The fourth-order valence-electron chi connectivity index (χ4n) is 1.75. The molecule has 1 nitrogen and oxygen atoms in total. The average molecular weight is 288 g/mol. The van der Waals surface area contributed by atoms with Crippen molar-refractivity contribution in [1.82, 2.24) is 0 Å². The van der Waals surface area contributed by atoms with Crippen LogP contribution in [0.3, 0.4) is 0 Å². The molecule has 0 aliphatic heterocycles. The summed E-state index contributed by atoms with van der Waals surface area (Å²) in [5.74, 6) is 0. The van der Waals surface area contributed by atoms with E-state index < -0.39 is 0 Å². The van der Waals surface area contributed by atoms with Crippen molar-refractivity contribution >= 4 is 33.3 Å². The number of hydrogen-bond acceptors (Lipinski definition) is 1. The van der Waals surface area contributed by atoms with Crippen LogP contribution in [0.5, 0.6) is 0 Å². The van der Waals surface area contributed by atoms with Crippen molar-refractivity contribution in [1.29, 1.82) is 0 Å². The lowest BCUT2D eigenvalue weighted by Crippen LogP contribution is -1.91. The summed E-state index contributed by atoms with van der Waals surface area (Å²) in [6, 6.07) is 16.2. The summed E-state index contributed by atoms with van der Waals surface area (Å²) >= 11 is 3.47. The van der Waals surface area contributed by atoms with Crippen LogP contribution in [-0.4, -0.2) is 0 Å². The van der Waals surface area contributed by atoms with E-state index in [1.54, 1.807) is 0 Å². The highest BCUT2D eigenvalue weighted by Crippen LogP contribution is 2.26. The minimum atomic E-state index is 0.804. The molecule has 86 valence electrons. The molecule has 2 aromatic rings. The number of allylic oxidation sites excluding steroid dienone is 1. The summed E-state index contributed by atoms with van der Waals surface area (Å²) in [7, 11) is 0. The van der Waals surface area contributed by atoms with Crippen molar-refractivity contribution in [2.45, 2.75) is 6.92 Å². The minimum absolute atomic E-state index is 0.804. The number of anilines is 1. The van der Waals surface area contributed by atoms with Crippen molar-refractivity contribution < 1.29 is 0 Å². The van der Waals surface area contributed by atoms with Gasteiger partial charge in [0.05, 0.1) is 0 Å². The normalized spacial score (nSPS) is 11.5. The van der Waals surface area contributed by atoms with Gasteiger partial charge in [-0.05, 0) is 36.3 Å². The third-order valence-electron chi connectivity index (χ3n) is 2.62. The lowest BCUT2D eigenvalue weighted by molar-refractivity contribution is 1.54. The maximum absolute atomic E-state index is 5.98. The predicted molar refractivity (Wildman–Crippen MR) is 78.5 cm³/mol. The Morgan fingerprint density at radius 3 is 2.53 bits per heavy atom. The Kier molecular flexibility index (Phi) is 3.64. The van der Waals surface area contributed by atoms with Gasteiger partial charge in [0.15, 0.2) is 0 Å². The third kappa shape index (κ3) is 2.98. The molecule has 0 amide bonds. The molecule has 0 radical (unpaired) electrons. The van der Waals surface area contributed by atoms with E-state index in [-0.39, 0.29) is 0 Å². The van der Waals surface area contributed by atoms with Gasteiger partial charge in [0.1, 0.15) is 0 Å². The molecule has 0 heterocycles. The molecule has 2 N–H and O–H groups in total. The topological polar surface area (TPSA) is 26.0 Å². The zero-order valence-electron chi connectivity index (χ0n) is 9.65. The highest BCUT2D eigenvalue weighted by Gasteiger charge is 2.02. The second kappa shape index (κ2) is 5.19. The molecule has 0 spiro atoms. The van der Waals surface area contributed by atoms with Gasteiger partial charge in [0.25, 0.3) is 0 Å². The number of benzene rings is 2. The van der Waals surface area contributed by atoms with Gasteiger partial charge in [-0.25, -0.2) is 0 Å². The second-order valence-electron chi connectivity index (χ2n) is 3.97. The molecular weight excluding hydrogens is 274 g/mol. The number of halogens is 1. The van der Waals surface area contributed by atoms with E-state index in [1.807, 2.05) is 36.4 Å². The first kappa shape index (κ1) is 11.9. The summed E-state index contributed by atoms with van der Waals surface area (Å²) < 4.78 is 1.04. The number of nitrogen functional groups attached to an aromatic ring is 1. The fourth-order valence-corrected chi connectivity index (χ4v) is 2.11. The van der Waals surface area contributed by atoms with Gasteiger partial charge >= 0.3 is 0 Å². The molecule has 17 heavy (non-hydrogen) atoms. The van der Waals surface area contributed by atoms with Crippen LogP contribution < -0.4 is 5.73 Å². The summed E-state index contributed by atoms with van der Waals surface area (Å²) in [5.41, 5.74) is 10.2. The zero-order valence-corrected chi connectivity index (χ0v) is 11.2. The van der Waals surface area contributed by atoms with Crippen molar-refractivity contribution in [3.05, 3.63) is 64.1 Å². The van der Waals surface area contributed by atoms with E-state index >= 15 is 0 Å². The van der Waals surface area contributed by atoms with E-state index in [0.29, 0.717) is 0 Å². The second-order valence-corrected chi connectivity index (χ2v) is 4.89. The molecule has 0 aromatic heterocycles. The predicted octanol–water partition coefficient (Wildman–Crippen LogP) is 4.59. The summed E-state index contributed by atoms with van der Waals surface area (Å²) in [6.07, 6.45) is 2.14. The Balaban J connectivity index is 2.40. The third-order valence-corrected chi connectivity index (χ3v) is 3.12. The molecule has 0 bridgehead atoms. The average Bonchev–Trinajstić information content (AvgIpc) is 2.33. The summed E-state index contributed by atoms with van der Waals surface area (Å²) in [6.45, 7) is 2.07. The molecule has 0 saturated carbocycles. The van der Waals surface area contributed by atoms with Crippen molar-refractivity contribution in [2.24, 2.45) is 0 Å². The van der Waals surface area contributed by atoms with Gasteiger partial charge in [-0.3, -0.25) is 0 Å². The Morgan fingerprint density at radius 1 is 1.12 bits per heavy atom. The maximum atomic E-state index is 5.98. The van der Waals surface area contributed by atoms with Gasteiger partial charge in [-0.2, -0.15) is 0 Å². The van der Waals surface area contributed by atoms with Gasteiger partial charge in [-0.15, -0.1) is 0 Å². The van der Waals surface area contributed by atoms with E-state index in [1.165, 1.54) is 5.56 Å². The van der Waals surface area contributed by atoms with Gasteiger partial charge < -0.3 is 5.73 Å². The fraction of sp³-hybridized carbons (Fsp3) is 0.0667. The Hall–Kier alpha value is -1.54. The summed E-state index contributed by atoms with van der Waals surface area (Å²) in [5, 5.41) is 0. The molecular formula is C15H14BrN. The number of nitrogens with two attached hydrogens (primary N) is 1. The molecule has 2 rings (SSSR count). The van der Waals surface area contributed by atoms with Crippen LogP contribution in [0.2, 0.25) is 0 Å². The van der Waals surface area contributed by atoms with E-state index in [2.05, 4.69) is 41.1 Å². The van der Waals surface area contributed by atoms with E-state index in [0.717, 1.165) is 21.3 Å². The Morgan fingerprint density at radius 2 is 1.82 bits per heavy atom. The first-order valence-electron chi connectivity index (χ1n) is 5.45. The van der Waals surface area contributed by atoms with Gasteiger partial charge in [0.2, 0.25) is 0 Å². The molecule has 0 unspecified atom stereocenters. The van der Waals surface area contributed by atoms with Crippen molar-refractivity contribution in [2.75, 3.05) is 5.73 Å². The van der Waals surface area contributed by atoms with Crippen LogP contribution in [0.4, 0.5) is 5.69 Å². The summed E-state index contributed by atoms with van der Waals surface area (Å²) in [4.78, 5) is 0. The van der Waals surface area contributed by atoms with E-state index in [4.69, 9.17) is 5.73 Å². The smallest absolute Gasteiger partial charge is 0.0391 e. The first-order chi connectivity index (χ1) is 8.16. The van der Waals surface area contributed by atoms with Crippen molar-refractivity contribution in [3.8, 4) is 0 Å². The maximum Gasteiger partial charge on any atom is 0.0391 e. The van der Waals surface area contributed by atoms with Gasteiger partial charge in [-0.1, -0.05) is 52.3 Å². The minimum Gasteiger partial charge on any atom is -0.398 e. The van der Waals surface area contributed by atoms with Crippen molar-refractivity contribution in [3.63, 3.8) is 0 Å². The van der Waals surface area contributed by atoms with E-state index in [9.17, 15) is 0 Å². The van der Waals surface area contributed by atoms with Crippen LogP contribution in [0.15, 0.2) is 53.0 Å². The molecule has 0 aliphatic carbocycles. The Labute approximate surface area is 110 Å². The highest BCUT2D eigenvalue weighted by atomic mass is 79.9. The molecule has 0 aliphatic rings. The van der Waals surface area contributed by atoms with Crippen LogP contribution in [0, 0.1) is 0 Å². The standard InChI is InChI=1S/C15H14BrN/c1-11(9-12-5-3-2-4-6-12)14-10-13(16)7-8-15(14)17/h2-10H,17H2,1H3/b11-9+. The molecule has 0 atom stereocenters. The molecule has 0 saturated heterocycles. The number of hydrogen-bond donors (Lipinski definition) is 1. The first-order valence-corrected chi connectivity index (χ1v) is 6.25. The SMILES string of the molecule is C/C(=C\c1ccccc1)c1cc(Br)ccc1N. The largest absolute Gasteiger partial charge is 0.398 e. The van der Waals surface area contributed by atoms with Crippen LogP contribution in [-0.2, 0) is 0 Å². The molecule has 2 heteroatoms. The van der Waals surface area contributed by atoms with Crippen LogP contribution >= 0.6 is 15.9 Å². The number of rotatable bonds is 2. The van der Waals surface area contributed by atoms with Gasteiger partial charge in [0, 0.05) is 15.7 Å². The highest BCUT2D eigenvalue weighted by molar-refractivity contribution is 9.10. The zero-order chi connectivity index (χ0) is 12.3. The molecule has 0 fully saturated rings. The monoisotopic (exact) mass is 287 g/mol. The van der Waals surface area contributed by atoms with Crippen LogP contribution in [0.25, 0.3) is 11.6 Å². The molecule has 2 aromatic carbocycles.